The normalized spacial score (nSPS) is 12.5. The van der Waals surface area contributed by atoms with Crippen LogP contribution in [0.3, 0.4) is 0 Å². The van der Waals surface area contributed by atoms with Crippen LogP contribution in [0.15, 0.2) is 36.4 Å². The Balaban J connectivity index is 2.07. The minimum Gasteiger partial charge on any atom is -0.495 e. The quantitative estimate of drug-likeness (QED) is 0.438. The minimum absolute atomic E-state index is 0.0909. The smallest absolute Gasteiger partial charge is 0.311 e. The van der Waals surface area contributed by atoms with Crippen molar-refractivity contribution in [2.45, 2.75) is 47.5 Å². The predicted octanol–water partition coefficient (Wildman–Crippen LogP) is 3.79. The summed E-state index contributed by atoms with van der Waals surface area (Å²) in [4.78, 5) is 25.0. The highest BCUT2D eigenvalue weighted by molar-refractivity contribution is 7.92. The average Bonchev–Trinajstić information content (AvgIpc) is 2.77. The summed E-state index contributed by atoms with van der Waals surface area (Å²) in [5, 5.41) is 2.95. The lowest BCUT2D eigenvalue weighted by molar-refractivity contribution is -0.154. The topological polar surface area (TPSA) is 111 Å². The van der Waals surface area contributed by atoms with E-state index in [0.717, 1.165) is 11.8 Å². The van der Waals surface area contributed by atoms with Gasteiger partial charge in [0, 0.05) is 12.5 Å². The van der Waals surface area contributed by atoms with Crippen LogP contribution in [0.2, 0.25) is 0 Å². The molecule has 0 spiro atoms. The zero-order valence-electron chi connectivity index (χ0n) is 22.2. The molecule has 0 heterocycles. The van der Waals surface area contributed by atoms with Gasteiger partial charge in [0.25, 0.3) is 0 Å². The van der Waals surface area contributed by atoms with Crippen molar-refractivity contribution in [3.8, 4) is 5.75 Å². The molecule has 0 aliphatic heterocycles. The summed E-state index contributed by atoms with van der Waals surface area (Å²) in [5.41, 5.74) is 3.88. The number of esters is 1. The first-order valence-electron chi connectivity index (χ1n) is 11.8. The van der Waals surface area contributed by atoms with E-state index in [-0.39, 0.29) is 30.8 Å². The SMILES string of the molecule is COc1cc(CC(=O)NCC(COC(=O)C(C)(C)C)Cc2ccc(C)c(C)c2)ccc1NS(C)(=O)=O. The molecular formula is C27H38N2O6S. The van der Waals surface area contributed by atoms with Gasteiger partial charge >= 0.3 is 5.97 Å². The standard InChI is InChI=1S/C27H38N2O6S/c1-18-8-9-20(12-19(18)2)13-22(17-35-26(31)27(3,4)5)16-28-25(30)15-21-10-11-23(24(14-21)34-6)29-36(7,32)33/h8-12,14,22,29H,13,15-17H2,1-7H3,(H,28,30). The zero-order valence-corrected chi connectivity index (χ0v) is 23.0. The van der Waals surface area contributed by atoms with E-state index in [1.165, 1.54) is 18.2 Å². The van der Waals surface area contributed by atoms with Gasteiger partial charge in [0.1, 0.15) is 5.75 Å². The monoisotopic (exact) mass is 518 g/mol. The Morgan fingerprint density at radius 1 is 1.00 bits per heavy atom. The second-order valence-corrected chi connectivity index (χ2v) is 12.0. The van der Waals surface area contributed by atoms with Gasteiger partial charge in [-0.25, -0.2) is 8.42 Å². The predicted molar refractivity (Wildman–Crippen MR) is 142 cm³/mol. The van der Waals surface area contributed by atoms with Crippen molar-refractivity contribution in [1.29, 1.82) is 0 Å². The number of hydrogen-bond acceptors (Lipinski definition) is 6. The first kappa shape index (κ1) is 29.2. The highest BCUT2D eigenvalue weighted by atomic mass is 32.2. The molecule has 8 nitrogen and oxygen atoms in total. The molecule has 1 unspecified atom stereocenters. The van der Waals surface area contributed by atoms with E-state index in [1.54, 1.807) is 39.0 Å². The van der Waals surface area contributed by atoms with Gasteiger partial charge in [0.2, 0.25) is 15.9 Å². The van der Waals surface area contributed by atoms with Gasteiger partial charge in [-0.1, -0.05) is 24.3 Å². The molecule has 0 saturated heterocycles. The van der Waals surface area contributed by atoms with Crippen LogP contribution in [-0.4, -0.2) is 46.8 Å². The fraction of sp³-hybridized carbons (Fsp3) is 0.481. The number of hydrogen-bond donors (Lipinski definition) is 2. The molecule has 198 valence electrons. The maximum atomic E-state index is 12.7. The molecule has 0 radical (unpaired) electrons. The number of nitrogens with one attached hydrogen (secondary N) is 2. The Labute approximate surface area is 214 Å². The van der Waals surface area contributed by atoms with Crippen molar-refractivity contribution in [2.24, 2.45) is 11.3 Å². The van der Waals surface area contributed by atoms with E-state index in [0.29, 0.717) is 30.0 Å². The third-order valence-corrected chi connectivity index (χ3v) is 6.26. The Bertz CT molecular complexity index is 1190. The van der Waals surface area contributed by atoms with Crippen LogP contribution in [0.1, 0.15) is 43.0 Å². The maximum Gasteiger partial charge on any atom is 0.311 e. The van der Waals surface area contributed by atoms with Gasteiger partial charge in [-0.05, 0) is 75.4 Å². The van der Waals surface area contributed by atoms with Gasteiger partial charge in [0.05, 0.1) is 37.5 Å². The molecule has 36 heavy (non-hydrogen) atoms. The summed E-state index contributed by atoms with van der Waals surface area (Å²) in [7, 11) is -2.03. The lowest BCUT2D eigenvalue weighted by Gasteiger charge is -2.22. The third kappa shape index (κ3) is 9.53. The molecule has 1 amide bonds. The van der Waals surface area contributed by atoms with Crippen molar-refractivity contribution in [3.05, 3.63) is 58.7 Å². The van der Waals surface area contributed by atoms with Crippen molar-refractivity contribution < 1.29 is 27.5 Å². The number of ether oxygens (including phenoxy) is 2. The Kier molecular flexibility index (Phi) is 9.93. The van der Waals surface area contributed by atoms with Gasteiger partial charge in [-0.2, -0.15) is 0 Å². The van der Waals surface area contributed by atoms with E-state index < -0.39 is 15.4 Å². The van der Waals surface area contributed by atoms with Crippen LogP contribution in [0.5, 0.6) is 5.75 Å². The molecule has 2 aromatic rings. The van der Waals surface area contributed by atoms with Gasteiger partial charge in [-0.15, -0.1) is 0 Å². The second kappa shape index (κ2) is 12.3. The molecule has 0 aliphatic carbocycles. The summed E-state index contributed by atoms with van der Waals surface area (Å²) >= 11 is 0. The summed E-state index contributed by atoms with van der Waals surface area (Å²) < 4.78 is 36.3. The van der Waals surface area contributed by atoms with Gasteiger partial charge < -0.3 is 14.8 Å². The van der Waals surface area contributed by atoms with Crippen LogP contribution in [-0.2, 0) is 37.2 Å². The van der Waals surface area contributed by atoms with E-state index in [4.69, 9.17) is 9.47 Å². The van der Waals surface area contributed by atoms with Crippen LogP contribution >= 0.6 is 0 Å². The van der Waals surface area contributed by atoms with Gasteiger partial charge in [0.15, 0.2) is 0 Å². The molecule has 0 bridgehead atoms. The van der Waals surface area contributed by atoms with E-state index in [2.05, 4.69) is 42.1 Å². The van der Waals surface area contributed by atoms with Crippen LogP contribution in [0, 0.1) is 25.2 Å². The molecule has 0 fully saturated rings. The number of carbonyl (C=O) groups is 2. The number of aryl methyl sites for hydroxylation is 2. The zero-order chi connectivity index (χ0) is 27.1. The van der Waals surface area contributed by atoms with Crippen molar-refractivity contribution in [1.82, 2.24) is 5.32 Å². The minimum atomic E-state index is -3.46. The average molecular weight is 519 g/mol. The van der Waals surface area contributed by atoms with Gasteiger partial charge in [-0.3, -0.25) is 14.3 Å². The summed E-state index contributed by atoms with van der Waals surface area (Å²) in [6.07, 6.45) is 1.80. The van der Waals surface area contributed by atoms with E-state index in [1.807, 2.05) is 0 Å². The van der Waals surface area contributed by atoms with Crippen molar-refractivity contribution in [2.75, 3.05) is 31.2 Å². The first-order valence-corrected chi connectivity index (χ1v) is 13.7. The molecule has 0 saturated carbocycles. The molecular weight excluding hydrogens is 480 g/mol. The van der Waals surface area contributed by atoms with E-state index >= 15 is 0 Å². The number of amides is 1. The number of methoxy groups -OCH3 is 1. The number of sulfonamides is 1. The molecule has 0 aliphatic rings. The van der Waals surface area contributed by atoms with Crippen LogP contribution < -0.4 is 14.8 Å². The summed E-state index contributed by atoms with van der Waals surface area (Å²) in [5.74, 6) is -0.257. The Morgan fingerprint density at radius 3 is 2.25 bits per heavy atom. The summed E-state index contributed by atoms with van der Waals surface area (Å²) in [6.45, 7) is 10.1. The Hall–Kier alpha value is -3.07. The molecule has 2 N–H and O–H groups in total. The number of carbonyl (C=O) groups excluding carboxylic acids is 2. The fourth-order valence-corrected chi connectivity index (χ4v) is 4.07. The Morgan fingerprint density at radius 2 is 1.67 bits per heavy atom. The second-order valence-electron chi connectivity index (χ2n) is 10.2. The molecule has 2 aromatic carbocycles. The number of benzene rings is 2. The highest BCUT2D eigenvalue weighted by Gasteiger charge is 2.24. The summed E-state index contributed by atoms with van der Waals surface area (Å²) in [6, 6.07) is 11.1. The third-order valence-electron chi connectivity index (χ3n) is 5.67. The van der Waals surface area contributed by atoms with E-state index in [9.17, 15) is 18.0 Å². The maximum absolute atomic E-state index is 12.7. The molecule has 1 atom stereocenters. The lowest BCUT2D eigenvalue weighted by Crippen LogP contribution is -2.35. The highest BCUT2D eigenvalue weighted by Crippen LogP contribution is 2.26. The number of rotatable bonds is 11. The van der Waals surface area contributed by atoms with Crippen LogP contribution in [0.4, 0.5) is 5.69 Å². The fourth-order valence-electron chi connectivity index (χ4n) is 3.50. The van der Waals surface area contributed by atoms with Crippen LogP contribution in [0.25, 0.3) is 0 Å². The largest absolute Gasteiger partial charge is 0.495 e. The molecule has 2 rings (SSSR count). The first-order chi connectivity index (χ1) is 16.7. The van der Waals surface area contributed by atoms with Crippen molar-refractivity contribution in [3.63, 3.8) is 0 Å². The van der Waals surface area contributed by atoms with Crippen molar-refractivity contribution >= 4 is 27.6 Å². The molecule has 9 heteroatoms. The molecule has 0 aromatic heterocycles. The lowest BCUT2D eigenvalue weighted by atomic mass is 9.95. The number of anilines is 1.